The molecule has 1 N–H and O–H groups in total. The van der Waals surface area contributed by atoms with Crippen LogP contribution in [0.3, 0.4) is 0 Å². The second-order valence-corrected chi connectivity index (χ2v) is 9.96. The van der Waals surface area contributed by atoms with Crippen molar-refractivity contribution < 1.29 is 23.8 Å². The smallest absolute Gasteiger partial charge is 0.322 e. The molecule has 1 aliphatic carbocycles. The van der Waals surface area contributed by atoms with Gasteiger partial charge in [0.15, 0.2) is 5.41 Å². The molecule has 1 amide bonds. The number of amides is 1. The van der Waals surface area contributed by atoms with Gasteiger partial charge in [0.2, 0.25) is 5.91 Å². The van der Waals surface area contributed by atoms with Gasteiger partial charge in [0.1, 0.15) is 5.75 Å². The van der Waals surface area contributed by atoms with Crippen molar-refractivity contribution in [2.24, 2.45) is 23.2 Å². The molecule has 4 rings (SSSR count). The molecule has 2 aliphatic rings. The summed E-state index contributed by atoms with van der Waals surface area (Å²) in [4.78, 5) is 27.0. The van der Waals surface area contributed by atoms with E-state index in [0.29, 0.717) is 26.1 Å². The number of benzene rings is 2. The number of methoxy groups -OCH3 is 2. The van der Waals surface area contributed by atoms with Crippen LogP contribution in [0.15, 0.2) is 66.2 Å². The number of carbonyl (C=O) groups is 2. The summed E-state index contributed by atoms with van der Waals surface area (Å²) in [6, 6.07) is 17.9. The van der Waals surface area contributed by atoms with Gasteiger partial charge in [-0.25, -0.2) is 0 Å². The molecule has 192 valence electrons. The van der Waals surface area contributed by atoms with Crippen LogP contribution in [0.5, 0.6) is 5.75 Å². The maximum absolute atomic E-state index is 13.6. The van der Waals surface area contributed by atoms with E-state index >= 15 is 0 Å². The van der Waals surface area contributed by atoms with Crippen LogP contribution in [0.25, 0.3) is 0 Å². The number of carbonyl (C=O) groups excluding carboxylic acids is 2. The molecule has 2 aromatic carbocycles. The summed E-state index contributed by atoms with van der Waals surface area (Å²) in [6.45, 7) is 5.25. The molecule has 6 heteroatoms. The Morgan fingerprint density at radius 1 is 1.00 bits per heavy atom. The zero-order valence-electron chi connectivity index (χ0n) is 21.7. The summed E-state index contributed by atoms with van der Waals surface area (Å²) in [5.41, 5.74) is 2.27. The van der Waals surface area contributed by atoms with Crippen LogP contribution in [-0.2, 0) is 31.9 Å². The lowest BCUT2D eigenvalue weighted by atomic mass is 9.56. The van der Waals surface area contributed by atoms with Gasteiger partial charge in [0, 0.05) is 24.5 Å². The molecule has 2 aromatic rings. The standard InChI is InChI=1S/C30H37NO5/c1-20-18-24(15-17-36-16-14-22-10-12-25(34-3)13-11-22)30(29(33)35-4)27(21(20)2)26(31-28(30)32)19-23-8-6-5-7-9-23/h5-13,18,21,24,26-27H,14-17,19H2,1-4H3,(H,31,32)/t21-,24+,26+,27+,30-/m1/s1. The van der Waals surface area contributed by atoms with Crippen molar-refractivity contribution in [3.05, 3.63) is 77.4 Å². The zero-order chi connectivity index (χ0) is 25.7. The number of hydrogen-bond donors (Lipinski definition) is 1. The van der Waals surface area contributed by atoms with E-state index in [0.717, 1.165) is 17.7 Å². The molecule has 5 atom stereocenters. The fourth-order valence-corrected chi connectivity index (χ4v) is 6.09. The summed E-state index contributed by atoms with van der Waals surface area (Å²) >= 11 is 0. The first-order valence-electron chi connectivity index (χ1n) is 12.7. The van der Waals surface area contributed by atoms with Gasteiger partial charge >= 0.3 is 5.97 Å². The highest BCUT2D eigenvalue weighted by Crippen LogP contribution is 2.54. The van der Waals surface area contributed by atoms with Gasteiger partial charge in [0.25, 0.3) is 0 Å². The van der Waals surface area contributed by atoms with Crippen molar-refractivity contribution in [3.63, 3.8) is 0 Å². The average Bonchev–Trinajstić information content (AvgIpc) is 3.19. The Morgan fingerprint density at radius 3 is 2.39 bits per heavy atom. The normalized spacial score (nSPS) is 27.1. The maximum Gasteiger partial charge on any atom is 0.322 e. The molecular weight excluding hydrogens is 454 g/mol. The average molecular weight is 492 g/mol. The van der Waals surface area contributed by atoms with E-state index in [-0.39, 0.29) is 29.7 Å². The molecule has 1 saturated heterocycles. The lowest BCUT2D eigenvalue weighted by molar-refractivity contribution is -0.165. The Bertz CT molecular complexity index is 1080. The fourth-order valence-electron chi connectivity index (χ4n) is 6.09. The first kappa shape index (κ1) is 26.0. The zero-order valence-corrected chi connectivity index (χ0v) is 21.7. The third kappa shape index (κ3) is 4.92. The largest absolute Gasteiger partial charge is 0.497 e. The van der Waals surface area contributed by atoms with Gasteiger partial charge in [-0.2, -0.15) is 0 Å². The monoisotopic (exact) mass is 491 g/mol. The van der Waals surface area contributed by atoms with E-state index < -0.39 is 11.4 Å². The third-order valence-corrected chi connectivity index (χ3v) is 8.05. The van der Waals surface area contributed by atoms with Gasteiger partial charge in [-0.15, -0.1) is 0 Å². The molecule has 1 aliphatic heterocycles. The molecule has 0 bridgehead atoms. The predicted molar refractivity (Wildman–Crippen MR) is 139 cm³/mol. The Morgan fingerprint density at radius 2 is 1.72 bits per heavy atom. The number of ether oxygens (including phenoxy) is 3. The summed E-state index contributed by atoms with van der Waals surface area (Å²) in [5.74, 6) is -0.237. The summed E-state index contributed by atoms with van der Waals surface area (Å²) in [5, 5.41) is 3.19. The minimum atomic E-state index is -1.24. The number of fused-ring (bicyclic) bond motifs is 1. The number of rotatable bonds is 10. The second-order valence-electron chi connectivity index (χ2n) is 9.96. The van der Waals surface area contributed by atoms with Gasteiger partial charge < -0.3 is 19.5 Å². The van der Waals surface area contributed by atoms with Crippen molar-refractivity contribution >= 4 is 11.9 Å². The van der Waals surface area contributed by atoms with Gasteiger partial charge in [0.05, 0.1) is 20.8 Å². The number of nitrogens with one attached hydrogen (secondary N) is 1. The maximum atomic E-state index is 13.6. The minimum absolute atomic E-state index is 0.0732. The van der Waals surface area contributed by atoms with E-state index in [2.05, 4.69) is 37.4 Å². The van der Waals surface area contributed by atoms with E-state index in [1.807, 2.05) is 42.5 Å². The molecule has 0 saturated carbocycles. The van der Waals surface area contributed by atoms with E-state index in [1.165, 1.54) is 18.2 Å². The number of hydrogen-bond acceptors (Lipinski definition) is 5. The number of allylic oxidation sites excluding steroid dienone is 2. The molecule has 6 nitrogen and oxygen atoms in total. The Balaban J connectivity index is 1.49. The Hall–Kier alpha value is -3.12. The molecule has 0 unspecified atom stereocenters. The first-order valence-corrected chi connectivity index (χ1v) is 12.7. The molecule has 0 radical (unpaired) electrons. The van der Waals surface area contributed by atoms with Crippen LogP contribution in [-0.4, -0.2) is 45.4 Å². The Labute approximate surface area is 214 Å². The van der Waals surface area contributed by atoms with Gasteiger partial charge in [-0.05, 0) is 55.4 Å². The highest BCUT2D eigenvalue weighted by Gasteiger charge is 2.66. The van der Waals surface area contributed by atoms with E-state index in [1.54, 1.807) is 7.11 Å². The van der Waals surface area contributed by atoms with Crippen LogP contribution >= 0.6 is 0 Å². The van der Waals surface area contributed by atoms with Crippen LogP contribution in [0, 0.1) is 23.2 Å². The van der Waals surface area contributed by atoms with Crippen molar-refractivity contribution in [1.29, 1.82) is 0 Å². The molecule has 0 spiro atoms. The van der Waals surface area contributed by atoms with E-state index in [4.69, 9.17) is 14.2 Å². The van der Waals surface area contributed by atoms with Crippen LogP contribution in [0.1, 0.15) is 31.4 Å². The van der Waals surface area contributed by atoms with E-state index in [9.17, 15) is 9.59 Å². The predicted octanol–water partition coefficient (Wildman–Crippen LogP) is 4.37. The van der Waals surface area contributed by atoms with Crippen molar-refractivity contribution in [2.45, 2.75) is 39.2 Å². The minimum Gasteiger partial charge on any atom is -0.497 e. The highest BCUT2D eigenvalue weighted by molar-refractivity contribution is 6.06. The highest BCUT2D eigenvalue weighted by atomic mass is 16.5. The summed E-state index contributed by atoms with van der Waals surface area (Å²) in [7, 11) is 3.03. The molecule has 0 aromatic heterocycles. The van der Waals surface area contributed by atoms with Crippen LogP contribution < -0.4 is 10.1 Å². The lowest BCUT2D eigenvalue weighted by Crippen LogP contribution is -2.53. The van der Waals surface area contributed by atoms with Crippen LogP contribution in [0.2, 0.25) is 0 Å². The SMILES string of the molecule is COC(=O)[C@@]12C(=O)N[C@@H](Cc3ccccc3)[C@@H]1[C@H](C)C(C)=C[C@@H]2CCOCCc1ccc(OC)cc1. The second kappa shape index (κ2) is 11.3. The lowest BCUT2D eigenvalue weighted by Gasteiger charge is -2.44. The molecule has 36 heavy (non-hydrogen) atoms. The van der Waals surface area contributed by atoms with Crippen LogP contribution in [0.4, 0.5) is 0 Å². The Kier molecular flexibility index (Phi) is 8.14. The molecular formula is C30H37NO5. The molecule has 1 heterocycles. The third-order valence-electron chi connectivity index (χ3n) is 8.05. The van der Waals surface area contributed by atoms with Crippen molar-refractivity contribution in [1.82, 2.24) is 5.32 Å². The first-order chi connectivity index (χ1) is 17.4. The quantitative estimate of drug-likeness (QED) is 0.231. The molecule has 1 fully saturated rings. The summed E-state index contributed by atoms with van der Waals surface area (Å²) in [6.07, 6.45) is 4.14. The summed E-state index contributed by atoms with van der Waals surface area (Å²) < 4.78 is 16.5. The van der Waals surface area contributed by atoms with Gasteiger partial charge in [-0.1, -0.05) is 61.0 Å². The van der Waals surface area contributed by atoms with Crippen molar-refractivity contribution in [3.8, 4) is 5.75 Å². The fraction of sp³-hybridized carbons (Fsp3) is 0.467. The topological polar surface area (TPSA) is 73.9 Å². The van der Waals surface area contributed by atoms with Gasteiger partial charge in [-0.3, -0.25) is 9.59 Å². The number of esters is 1. The van der Waals surface area contributed by atoms with Crippen molar-refractivity contribution in [2.75, 3.05) is 27.4 Å².